The summed E-state index contributed by atoms with van der Waals surface area (Å²) < 4.78 is 13.2. The highest BCUT2D eigenvalue weighted by atomic mass is 19.1. The number of benzene rings is 1. The number of hydrogen-bond acceptors (Lipinski definition) is 3. The van der Waals surface area contributed by atoms with E-state index in [4.69, 9.17) is 0 Å². The van der Waals surface area contributed by atoms with Gasteiger partial charge in [0.25, 0.3) is 5.91 Å². The first-order valence-corrected chi connectivity index (χ1v) is 8.55. The zero-order valence-corrected chi connectivity index (χ0v) is 13.7. The Morgan fingerprint density at radius 1 is 1.20 bits per heavy atom. The largest absolute Gasteiger partial charge is 0.352 e. The van der Waals surface area contributed by atoms with Gasteiger partial charge < -0.3 is 10.2 Å². The van der Waals surface area contributed by atoms with Crippen LogP contribution >= 0.6 is 0 Å². The van der Waals surface area contributed by atoms with Crippen molar-refractivity contribution >= 4 is 11.8 Å². The quantitative estimate of drug-likeness (QED) is 0.873. The number of aromatic nitrogens is 2. The van der Waals surface area contributed by atoms with E-state index in [-0.39, 0.29) is 17.6 Å². The highest BCUT2D eigenvalue weighted by Gasteiger charge is 2.37. The molecule has 1 atom stereocenters. The highest BCUT2D eigenvalue weighted by molar-refractivity contribution is 5.98. The van der Waals surface area contributed by atoms with Crippen molar-refractivity contribution in [2.45, 2.75) is 31.7 Å². The van der Waals surface area contributed by atoms with Gasteiger partial charge in [0, 0.05) is 24.3 Å². The molecule has 2 aromatic rings. The van der Waals surface area contributed by atoms with Crippen LogP contribution in [0.15, 0.2) is 24.3 Å². The number of piperazine rings is 1. The molecule has 7 heteroatoms. The van der Waals surface area contributed by atoms with E-state index in [1.807, 2.05) is 0 Å². The van der Waals surface area contributed by atoms with E-state index in [2.05, 4.69) is 15.5 Å². The summed E-state index contributed by atoms with van der Waals surface area (Å²) in [7, 11) is 0. The molecule has 1 aliphatic heterocycles. The number of amides is 2. The fraction of sp³-hybridized carbons (Fsp3) is 0.389. The Labute approximate surface area is 144 Å². The van der Waals surface area contributed by atoms with Crippen molar-refractivity contribution in [1.82, 2.24) is 20.4 Å². The van der Waals surface area contributed by atoms with Crippen LogP contribution in [-0.2, 0) is 17.6 Å². The standard InChI is InChI=1S/C18H19FN4O2/c19-12-7-5-11(6-8-12)16-17(24)20-9-10-23(16)18(25)15-13-3-1-2-4-14(13)21-22-15/h5-8,16H,1-4,9-10H2,(H,20,24)(H,21,22). The Morgan fingerprint density at radius 2 is 1.96 bits per heavy atom. The van der Waals surface area contributed by atoms with Crippen LogP contribution in [0, 0.1) is 5.82 Å². The van der Waals surface area contributed by atoms with Crippen molar-refractivity contribution in [3.05, 3.63) is 52.6 Å². The van der Waals surface area contributed by atoms with Crippen LogP contribution in [0.4, 0.5) is 4.39 Å². The number of hydrogen-bond donors (Lipinski definition) is 2. The van der Waals surface area contributed by atoms with E-state index in [1.54, 1.807) is 12.1 Å². The molecule has 1 unspecified atom stereocenters. The third-order valence-corrected chi connectivity index (χ3v) is 4.92. The van der Waals surface area contributed by atoms with Crippen molar-refractivity contribution in [2.24, 2.45) is 0 Å². The van der Waals surface area contributed by atoms with Crippen LogP contribution in [-0.4, -0.2) is 40.0 Å². The van der Waals surface area contributed by atoms with Crippen LogP contribution in [0.25, 0.3) is 0 Å². The molecule has 0 radical (unpaired) electrons. The van der Waals surface area contributed by atoms with E-state index in [1.165, 1.54) is 17.0 Å². The first kappa shape index (κ1) is 15.8. The van der Waals surface area contributed by atoms with Crippen molar-refractivity contribution in [2.75, 3.05) is 13.1 Å². The minimum Gasteiger partial charge on any atom is -0.352 e. The lowest BCUT2D eigenvalue weighted by Gasteiger charge is -2.35. The maximum absolute atomic E-state index is 13.2. The maximum Gasteiger partial charge on any atom is 0.275 e. The Balaban J connectivity index is 1.69. The second kappa shape index (κ2) is 6.31. The van der Waals surface area contributed by atoms with Gasteiger partial charge in [0.1, 0.15) is 11.9 Å². The van der Waals surface area contributed by atoms with E-state index < -0.39 is 6.04 Å². The lowest BCUT2D eigenvalue weighted by Crippen LogP contribution is -2.52. The fourth-order valence-electron chi connectivity index (χ4n) is 3.66. The summed E-state index contributed by atoms with van der Waals surface area (Å²) in [6.45, 7) is 0.795. The molecular formula is C18H19FN4O2. The molecule has 1 fully saturated rings. The topological polar surface area (TPSA) is 78.1 Å². The van der Waals surface area contributed by atoms with E-state index in [9.17, 15) is 14.0 Å². The predicted octanol–water partition coefficient (Wildman–Crippen LogP) is 1.74. The van der Waals surface area contributed by atoms with Gasteiger partial charge in [-0.25, -0.2) is 4.39 Å². The Bertz CT molecular complexity index is 815. The zero-order chi connectivity index (χ0) is 17.4. The zero-order valence-electron chi connectivity index (χ0n) is 13.7. The third kappa shape index (κ3) is 2.79. The van der Waals surface area contributed by atoms with Gasteiger partial charge >= 0.3 is 0 Å². The summed E-state index contributed by atoms with van der Waals surface area (Å²) in [6, 6.07) is 4.93. The van der Waals surface area contributed by atoms with Gasteiger partial charge in [-0.1, -0.05) is 12.1 Å². The molecule has 130 valence electrons. The third-order valence-electron chi connectivity index (χ3n) is 4.92. The smallest absolute Gasteiger partial charge is 0.275 e. The van der Waals surface area contributed by atoms with E-state index in [0.717, 1.165) is 36.9 Å². The molecule has 4 rings (SSSR count). The second-order valence-electron chi connectivity index (χ2n) is 6.48. The molecular weight excluding hydrogens is 323 g/mol. The second-order valence-corrected chi connectivity index (χ2v) is 6.48. The number of fused-ring (bicyclic) bond motifs is 1. The monoisotopic (exact) mass is 342 g/mol. The Morgan fingerprint density at radius 3 is 2.76 bits per heavy atom. The maximum atomic E-state index is 13.2. The van der Waals surface area contributed by atoms with Crippen molar-refractivity contribution in [1.29, 1.82) is 0 Å². The number of aromatic amines is 1. The van der Waals surface area contributed by atoms with Gasteiger partial charge in [-0.2, -0.15) is 5.10 Å². The molecule has 6 nitrogen and oxygen atoms in total. The number of nitrogens with zero attached hydrogens (tertiary/aromatic N) is 2. The van der Waals surface area contributed by atoms with Gasteiger partial charge in [-0.3, -0.25) is 14.7 Å². The van der Waals surface area contributed by atoms with Gasteiger partial charge in [-0.05, 0) is 43.4 Å². The number of rotatable bonds is 2. The molecule has 0 bridgehead atoms. The van der Waals surface area contributed by atoms with Gasteiger partial charge in [0.05, 0.1) is 0 Å². The fourth-order valence-corrected chi connectivity index (χ4v) is 3.66. The summed E-state index contributed by atoms with van der Waals surface area (Å²) in [5.74, 6) is -0.876. The van der Waals surface area contributed by atoms with Crippen LogP contribution in [0.5, 0.6) is 0 Å². The van der Waals surface area contributed by atoms with Gasteiger partial charge in [0.2, 0.25) is 5.91 Å². The Kier molecular flexibility index (Phi) is 3.99. The summed E-state index contributed by atoms with van der Waals surface area (Å²) in [5.41, 5.74) is 3.00. The van der Waals surface area contributed by atoms with Crippen molar-refractivity contribution in [3.63, 3.8) is 0 Å². The number of carbonyl (C=O) groups excluding carboxylic acids is 2. The minimum absolute atomic E-state index is 0.247. The lowest BCUT2D eigenvalue weighted by atomic mass is 9.95. The van der Waals surface area contributed by atoms with Gasteiger partial charge in [-0.15, -0.1) is 0 Å². The summed E-state index contributed by atoms with van der Waals surface area (Å²) in [5, 5.41) is 9.99. The lowest BCUT2D eigenvalue weighted by molar-refractivity contribution is -0.128. The SMILES string of the molecule is O=C1NCCN(C(=O)c2n[nH]c3c2CCCC3)C1c1ccc(F)cc1. The average molecular weight is 342 g/mol. The first-order chi connectivity index (χ1) is 12.1. The predicted molar refractivity (Wildman–Crippen MR) is 88.4 cm³/mol. The summed E-state index contributed by atoms with van der Waals surface area (Å²) in [4.78, 5) is 27.1. The number of H-pyrrole nitrogens is 1. The summed E-state index contributed by atoms with van der Waals surface area (Å²) in [6.07, 6.45) is 3.85. The van der Waals surface area contributed by atoms with Crippen LogP contribution in [0.1, 0.15) is 46.2 Å². The number of carbonyl (C=O) groups is 2. The number of nitrogens with one attached hydrogen (secondary N) is 2. The summed E-state index contributed by atoms with van der Waals surface area (Å²) >= 11 is 0. The molecule has 2 amide bonds. The molecule has 1 aromatic carbocycles. The van der Waals surface area contributed by atoms with E-state index in [0.29, 0.717) is 24.3 Å². The molecule has 25 heavy (non-hydrogen) atoms. The first-order valence-electron chi connectivity index (χ1n) is 8.55. The molecule has 1 aromatic heterocycles. The Hall–Kier alpha value is -2.70. The number of halogens is 1. The van der Waals surface area contributed by atoms with Crippen molar-refractivity contribution in [3.8, 4) is 0 Å². The van der Waals surface area contributed by atoms with Crippen molar-refractivity contribution < 1.29 is 14.0 Å². The molecule has 2 aliphatic rings. The molecule has 1 saturated heterocycles. The van der Waals surface area contributed by atoms with Crippen LogP contribution in [0.2, 0.25) is 0 Å². The minimum atomic E-state index is -0.766. The normalized spacial score (nSPS) is 20.1. The van der Waals surface area contributed by atoms with E-state index >= 15 is 0 Å². The molecule has 0 spiro atoms. The van der Waals surface area contributed by atoms with Crippen LogP contribution < -0.4 is 5.32 Å². The highest BCUT2D eigenvalue weighted by Crippen LogP contribution is 2.28. The average Bonchev–Trinajstić information content (AvgIpc) is 3.06. The number of aryl methyl sites for hydroxylation is 1. The van der Waals surface area contributed by atoms with Gasteiger partial charge in [0.15, 0.2) is 5.69 Å². The van der Waals surface area contributed by atoms with Crippen LogP contribution in [0.3, 0.4) is 0 Å². The molecule has 1 aliphatic carbocycles. The molecule has 0 saturated carbocycles. The molecule has 2 heterocycles. The molecule has 2 N–H and O–H groups in total.